The van der Waals surface area contributed by atoms with Gasteiger partial charge in [-0.1, -0.05) is 57.2 Å². The number of carbonyl (C=O) groups excluding carboxylic acids is 9. The number of hydrogen-bond acceptors (Lipinski definition) is 14. The van der Waals surface area contributed by atoms with E-state index in [1.54, 1.807) is 32.9 Å². The van der Waals surface area contributed by atoms with E-state index in [-0.39, 0.29) is 68.3 Å². The smallest absolute Gasteiger partial charge is 0.305 e. The van der Waals surface area contributed by atoms with Crippen LogP contribution in [0, 0.1) is 11.8 Å². The first kappa shape index (κ1) is 61.3. The summed E-state index contributed by atoms with van der Waals surface area (Å²) in [5, 5.41) is 64.1. The Kier molecular flexibility index (Phi) is 21.9. The molecular weight excluding hydrogens is 1030 g/mol. The van der Waals surface area contributed by atoms with Crippen molar-refractivity contribution in [1.29, 1.82) is 0 Å². The van der Waals surface area contributed by atoms with Crippen molar-refractivity contribution in [3.63, 3.8) is 0 Å². The highest BCUT2D eigenvalue weighted by atomic mass is 16.4. The van der Waals surface area contributed by atoms with E-state index < -0.39 is 132 Å². The van der Waals surface area contributed by atoms with Gasteiger partial charge in [-0.2, -0.15) is 0 Å². The van der Waals surface area contributed by atoms with Gasteiger partial charge >= 0.3 is 11.9 Å². The van der Waals surface area contributed by atoms with Crippen LogP contribution in [-0.2, 0) is 72.0 Å². The highest BCUT2D eigenvalue weighted by Crippen LogP contribution is 2.25. The number of nitrogens with one attached hydrogen (secondary N) is 6. The highest BCUT2D eigenvalue weighted by molar-refractivity contribution is 6.00. The third kappa shape index (κ3) is 17.7. The van der Waals surface area contributed by atoms with Gasteiger partial charge in [-0.05, 0) is 105 Å². The number of likely N-dealkylation sites (tertiary alicyclic amines) is 2. The molecule has 3 aromatic carbocycles. The number of carboxylic acid groups (broad SMARTS) is 2. The molecule has 5 rings (SSSR count). The second-order valence-corrected chi connectivity index (χ2v) is 20.4. The monoisotopic (exact) mass is 1100 g/mol. The van der Waals surface area contributed by atoms with Crippen molar-refractivity contribution in [1.82, 2.24) is 41.7 Å². The lowest BCUT2D eigenvalue weighted by Crippen LogP contribution is -2.61. The van der Waals surface area contributed by atoms with Gasteiger partial charge in [-0.15, -0.1) is 0 Å². The van der Waals surface area contributed by atoms with E-state index in [0.717, 1.165) is 10.5 Å². The standard InChI is InChI=1S/C55H70N8O16/c1-29(2)47(55(79)63-23-7-9-44(63)53(77)60-41(27-45(68)69)50(74)57-39(48(72)56-31(4)32(5)64)25-34-12-18-37(66)19-13-34)61-51(75)42(28-46(70)71)58-49(73)40(26-35-14-20-38(67)21-15-35)59-52(76)43-8-6-22-62(43)54(78)30(3)24-33-10-16-36(65)17-11-33/h10-21,29-31,39-44,47,65-67H,6-9,22-28H2,1-5H3,(H,56,72)(H,57,74)(H,58,73)(H,59,76)(H,60,77)(H,61,75)(H,68,69)(H,70,71). The second-order valence-electron chi connectivity index (χ2n) is 20.4. The van der Waals surface area contributed by atoms with Gasteiger partial charge in [0.05, 0.1) is 18.9 Å². The molecular formula is C55H70N8O16. The average molecular weight is 1100 g/mol. The van der Waals surface area contributed by atoms with Crippen LogP contribution in [0.15, 0.2) is 72.8 Å². The normalized spacial score (nSPS) is 17.6. The van der Waals surface area contributed by atoms with Crippen LogP contribution in [0.3, 0.4) is 0 Å². The van der Waals surface area contributed by atoms with E-state index >= 15 is 0 Å². The van der Waals surface area contributed by atoms with E-state index in [1.165, 1.54) is 79.4 Å². The van der Waals surface area contributed by atoms with E-state index in [9.17, 15) is 78.3 Å². The number of rotatable bonds is 26. The fraction of sp³-hybridized carbons (Fsp3) is 0.473. The van der Waals surface area contributed by atoms with Crippen molar-refractivity contribution >= 4 is 65.0 Å². The summed E-state index contributed by atoms with van der Waals surface area (Å²) in [5.41, 5.74) is 1.69. The molecule has 79 heavy (non-hydrogen) atoms. The molecule has 9 unspecified atom stereocenters. The number of phenolic OH excluding ortho intramolecular Hbond substituents is 3. The topological polar surface area (TPSA) is 368 Å². The van der Waals surface area contributed by atoms with Crippen molar-refractivity contribution in [2.45, 2.75) is 141 Å². The number of benzene rings is 3. The quantitative estimate of drug-likeness (QED) is 0.0524. The predicted molar refractivity (Wildman–Crippen MR) is 281 cm³/mol. The van der Waals surface area contributed by atoms with Crippen LogP contribution in [-0.4, -0.2) is 162 Å². The Hall–Kier alpha value is -8.57. The number of Topliss-reactive ketones (excluding diaryl/α,β-unsaturated/α-hetero) is 1. The van der Waals surface area contributed by atoms with Crippen molar-refractivity contribution < 1.29 is 78.3 Å². The largest absolute Gasteiger partial charge is 0.508 e. The second kappa shape index (κ2) is 28.2. The molecule has 3 aromatic rings. The number of nitrogens with zero attached hydrogens (tertiary/aromatic N) is 2. The SMILES string of the molecule is CC(=O)C(C)NC(=O)C(Cc1ccc(O)cc1)NC(=O)C(CC(=O)O)NC(=O)C1CCCN1C(=O)C(NC(=O)C(CC(=O)O)NC(=O)C(Cc1ccc(O)cc1)NC(=O)C1CCCN1C(=O)C(C)Cc1ccc(O)cc1)C(C)C. The highest BCUT2D eigenvalue weighted by Gasteiger charge is 2.42. The zero-order valence-corrected chi connectivity index (χ0v) is 44.6. The molecule has 2 heterocycles. The summed E-state index contributed by atoms with van der Waals surface area (Å²) in [7, 11) is 0. The van der Waals surface area contributed by atoms with Crippen LogP contribution in [0.4, 0.5) is 0 Å². The first-order valence-corrected chi connectivity index (χ1v) is 26.0. The van der Waals surface area contributed by atoms with E-state index in [2.05, 4.69) is 31.9 Å². The molecule has 24 nitrogen and oxygen atoms in total. The molecule has 0 saturated carbocycles. The summed E-state index contributed by atoms with van der Waals surface area (Å²) in [6, 6.07) is 6.48. The molecule has 0 bridgehead atoms. The number of hydrogen-bond donors (Lipinski definition) is 11. The third-order valence-corrected chi connectivity index (χ3v) is 13.8. The van der Waals surface area contributed by atoms with Crippen molar-refractivity contribution in [3.05, 3.63) is 89.5 Å². The lowest BCUT2D eigenvalue weighted by Gasteiger charge is -2.32. The minimum Gasteiger partial charge on any atom is -0.508 e. The summed E-state index contributed by atoms with van der Waals surface area (Å²) in [6.45, 7) is 7.71. The number of phenols is 3. The number of aromatic hydroxyl groups is 3. The van der Waals surface area contributed by atoms with E-state index in [1.807, 2.05) is 0 Å². The lowest BCUT2D eigenvalue weighted by molar-refractivity contribution is -0.145. The Morgan fingerprint density at radius 3 is 1.27 bits per heavy atom. The van der Waals surface area contributed by atoms with Crippen LogP contribution >= 0.6 is 0 Å². The van der Waals surface area contributed by atoms with Crippen molar-refractivity contribution in [3.8, 4) is 17.2 Å². The average Bonchev–Trinajstić information content (AvgIpc) is 4.13. The maximum atomic E-state index is 14.4. The number of ketones is 1. The van der Waals surface area contributed by atoms with Crippen LogP contribution in [0.25, 0.3) is 0 Å². The summed E-state index contributed by atoms with van der Waals surface area (Å²) in [5.74, 6) is -11.6. The fourth-order valence-corrected chi connectivity index (χ4v) is 9.33. The zero-order valence-electron chi connectivity index (χ0n) is 44.6. The molecule has 2 aliphatic rings. The first-order chi connectivity index (χ1) is 37.3. The van der Waals surface area contributed by atoms with Gasteiger partial charge in [-0.3, -0.25) is 52.7 Å². The molecule has 24 heteroatoms. The van der Waals surface area contributed by atoms with Crippen LogP contribution in [0.1, 0.15) is 89.8 Å². The number of carbonyl (C=O) groups is 11. The molecule has 11 N–H and O–H groups in total. The molecule has 0 radical (unpaired) electrons. The number of aliphatic carboxylic acids is 2. The lowest BCUT2D eigenvalue weighted by atomic mass is 9.99. The minimum absolute atomic E-state index is 0.0318. The van der Waals surface area contributed by atoms with Crippen LogP contribution < -0.4 is 31.9 Å². The summed E-state index contributed by atoms with van der Waals surface area (Å²) >= 11 is 0. The van der Waals surface area contributed by atoms with Crippen LogP contribution in [0.5, 0.6) is 17.2 Å². The maximum absolute atomic E-state index is 14.4. The maximum Gasteiger partial charge on any atom is 0.305 e. The summed E-state index contributed by atoms with van der Waals surface area (Å²) in [4.78, 5) is 151. The Morgan fingerprint density at radius 2 is 0.835 bits per heavy atom. The molecule has 9 atom stereocenters. The minimum atomic E-state index is -1.85. The van der Waals surface area contributed by atoms with Gasteiger partial charge in [0.1, 0.15) is 59.5 Å². The van der Waals surface area contributed by atoms with E-state index in [4.69, 9.17) is 0 Å². The first-order valence-electron chi connectivity index (χ1n) is 26.0. The Bertz CT molecular complexity index is 2720. The molecule has 2 fully saturated rings. The third-order valence-electron chi connectivity index (χ3n) is 13.8. The summed E-state index contributed by atoms with van der Waals surface area (Å²) < 4.78 is 0. The molecule has 0 spiro atoms. The number of carboxylic acids is 2. The predicted octanol–water partition coefficient (Wildman–Crippen LogP) is 0.573. The van der Waals surface area contributed by atoms with Gasteiger partial charge in [0.2, 0.25) is 47.3 Å². The molecule has 8 amide bonds. The van der Waals surface area contributed by atoms with Gasteiger partial charge in [0.25, 0.3) is 0 Å². The molecule has 0 aromatic heterocycles. The fourth-order valence-electron chi connectivity index (χ4n) is 9.33. The van der Waals surface area contributed by atoms with Crippen molar-refractivity contribution in [2.75, 3.05) is 13.1 Å². The molecule has 2 saturated heterocycles. The van der Waals surface area contributed by atoms with Crippen molar-refractivity contribution in [2.24, 2.45) is 11.8 Å². The van der Waals surface area contributed by atoms with Gasteiger partial charge in [0, 0.05) is 31.8 Å². The summed E-state index contributed by atoms with van der Waals surface area (Å²) in [6.07, 6.45) is -1.01. The van der Waals surface area contributed by atoms with Gasteiger partial charge < -0.3 is 67.2 Å². The Morgan fingerprint density at radius 1 is 0.481 bits per heavy atom. The van der Waals surface area contributed by atoms with Crippen LogP contribution in [0.2, 0.25) is 0 Å². The molecule has 426 valence electrons. The number of amides is 8. The zero-order chi connectivity index (χ0) is 58.2. The van der Waals surface area contributed by atoms with Gasteiger partial charge in [-0.25, -0.2) is 0 Å². The van der Waals surface area contributed by atoms with Gasteiger partial charge in [0.15, 0.2) is 5.78 Å². The Balaban J connectivity index is 1.31. The molecule has 2 aliphatic heterocycles. The molecule has 0 aliphatic carbocycles. The van der Waals surface area contributed by atoms with E-state index in [0.29, 0.717) is 24.0 Å². The Labute approximate surface area is 456 Å².